The molecule has 6 nitrogen and oxygen atoms in total. The molecule has 176 valence electrons. The van der Waals surface area contributed by atoms with Gasteiger partial charge in [0.05, 0.1) is 13.2 Å². The second-order valence-corrected chi connectivity index (χ2v) is 8.46. The molecular weight excluding hydrogens is 426 g/mol. The molecule has 0 spiro atoms. The SMILES string of the molecule is COC(=O)[C@@H](Cc1ccccc1)NC(=O)N1CCN(C(c2ccccc2)c2ccccc2)CC1. The van der Waals surface area contributed by atoms with Gasteiger partial charge in [-0.05, 0) is 16.7 Å². The molecule has 34 heavy (non-hydrogen) atoms. The lowest BCUT2D eigenvalue weighted by Gasteiger charge is -2.40. The molecule has 3 aromatic rings. The number of methoxy groups -OCH3 is 1. The van der Waals surface area contributed by atoms with Crippen molar-refractivity contribution in [3.63, 3.8) is 0 Å². The van der Waals surface area contributed by atoms with Gasteiger partial charge in [-0.15, -0.1) is 0 Å². The first-order valence-electron chi connectivity index (χ1n) is 11.7. The van der Waals surface area contributed by atoms with E-state index in [1.165, 1.54) is 18.2 Å². The number of carbonyl (C=O) groups is 2. The Morgan fingerprint density at radius 1 is 0.794 bits per heavy atom. The van der Waals surface area contributed by atoms with Crippen LogP contribution in [0.4, 0.5) is 4.79 Å². The van der Waals surface area contributed by atoms with Crippen molar-refractivity contribution in [3.05, 3.63) is 108 Å². The molecule has 0 saturated carbocycles. The summed E-state index contributed by atoms with van der Waals surface area (Å²) in [7, 11) is 1.35. The zero-order valence-electron chi connectivity index (χ0n) is 19.5. The Morgan fingerprint density at radius 2 is 1.29 bits per heavy atom. The predicted molar refractivity (Wildman–Crippen MR) is 132 cm³/mol. The third-order valence-electron chi connectivity index (χ3n) is 6.26. The molecule has 1 N–H and O–H groups in total. The Hall–Kier alpha value is -3.64. The van der Waals surface area contributed by atoms with Gasteiger partial charge in [0.1, 0.15) is 6.04 Å². The lowest BCUT2D eigenvalue weighted by atomic mass is 9.96. The van der Waals surface area contributed by atoms with Crippen molar-refractivity contribution < 1.29 is 14.3 Å². The fourth-order valence-electron chi connectivity index (χ4n) is 4.49. The molecule has 0 radical (unpaired) electrons. The van der Waals surface area contributed by atoms with Gasteiger partial charge in [0.2, 0.25) is 0 Å². The van der Waals surface area contributed by atoms with Gasteiger partial charge in [0.25, 0.3) is 0 Å². The molecule has 0 unspecified atom stereocenters. The van der Waals surface area contributed by atoms with E-state index in [4.69, 9.17) is 4.74 Å². The Morgan fingerprint density at radius 3 is 1.79 bits per heavy atom. The molecule has 0 aliphatic carbocycles. The number of rotatable bonds is 7. The molecule has 6 heteroatoms. The van der Waals surface area contributed by atoms with Gasteiger partial charge in [0, 0.05) is 32.6 Å². The fraction of sp³-hybridized carbons (Fsp3) is 0.286. The first kappa shape index (κ1) is 23.5. The summed E-state index contributed by atoms with van der Waals surface area (Å²) < 4.78 is 4.94. The van der Waals surface area contributed by atoms with E-state index in [1.54, 1.807) is 4.90 Å². The number of benzene rings is 3. The largest absolute Gasteiger partial charge is 0.467 e. The maximum Gasteiger partial charge on any atom is 0.328 e. The summed E-state index contributed by atoms with van der Waals surface area (Å²) in [5.41, 5.74) is 3.44. The van der Waals surface area contributed by atoms with Crippen molar-refractivity contribution in [3.8, 4) is 0 Å². The molecule has 3 aromatic carbocycles. The molecule has 1 aliphatic heterocycles. The van der Waals surface area contributed by atoms with Crippen LogP contribution in [0.25, 0.3) is 0 Å². The van der Waals surface area contributed by atoms with E-state index in [-0.39, 0.29) is 12.1 Å². The van der Waals surface area contributed by atoms with E-state index in [9.17, 15) is 9.59 Å². The van der Waals surface area contributed by atoms with Crippen LogP contribution in [-0.2, 0) is 16.0 Å². The van der Waals surface area contributed by atoms with Crippen molar-refractivity contribution in [2.75, 3.05) is 33.3 Å². The molecule has 1 heterocycles. The van der Waals surface area contributed by atoms with Gasteiger partial charge in [-0.2, -0.15) is 0 Å². The third kappa shape index (κ3) is 5.83. The zero-order valence-corrected chi connectivity index (χ0v) is 19.5. The van der Waals surface area contributed by atoms with Gasteiger partial charge < -0.3 is 15.0 Å². The quantitative estimate of drug-likeness (QED) is 0.547. The minimum Gasteiger partial charge on any atom is -0.467 e. The van der Waals surface area contributed by atoms with Crippen molar-refractivity contribution >= 4 is 12.0 Å². The minimum atomic E-state index is -0.723. The van der Waals surface area contributed by atoms with E-state index >= 15 is 0 Å². The average Bonchev–Trinajstić information content (AvgIpc) is 2.90. The number of nitrogens with zero attached hydrogens (tertiary/aromatic N) is 2. The van der Waals surface area contributed by atoms with Gasteiger partial charge >= 0.3 is 12.0 Å². The summed E-state index contributed by atoms with van der Waals surface area (Å²) >= 11 is 0. The third-order valence-corrected chi connectivity index (χ3v) is 6.26. The highest BCUT2D eigenvalue weighted by Crippen LogP contribution is 2.29. The summed E-state index contributed by atoms with van der Waals surface area (Å²) in [6, 6.07) is 29.7. The molecule has 1 atom stereocenters. The number of hydrogen-bond acceptors (Lipinski definition) is 4. The lowest BCUT2D eigenvalue weighted by Crippen LogP contribution is -2.55. The molecule has 4 rings (SSSR count). The highest BCUT2D eigenvalue weighted by atomic mass is 16.5. The Labute approximate surface area is 201 Å². The number of esters is 1. The Kier molecular flexibility index (Phi) is 7.94. The summed E-state index contributed by atoms with van der Waals surface area (Å²) in [5, 5.41) is 2.89. The van der Waals surface area contributed by atoms with Crippen molar-refractivity contribution in [2.24, 2.45) is 0 Å². The fourth-order valence-corrected chi connectivity index (χ4v) is 4.49. The van der Waals surface area contributed by atoms with Crippen molar-refractivity contribution in [1.29, 1.82) is 0 Å². The number of urea groups is 1. The number of hydrogen-bond donors (Lipinski definition) is 1. The van der Waals surface area contributed by atoms with Gasteiger partial charge in [-0.25, -0.2) is 9.59 Å². The molecular formula is C28H31N3O3. The highest BCUT2D eigenvalue weighted by Gasteiger charge is 2.30. The first-order chi connectivity index (χ1) is 16.7. The van der Waals surface area contributed by atoms with E-state index in [0.717, 1.165) is 18.7 Å². The van der Waals surface area contributed by atoms with Gasteiger partial charge in [0.15, 0.2) is 0 Å². The van der Waals surface area contributed by atoms with Crippen LogP contribution in [0.5, 0.6) is 0 Å². The predicted octanol–water partition coefficient (Wildman–Crippen LogP) is 3.89. The summed E-state index contributed by atoms with van der Waals surface area (Å²) in [4.78, 5) is 29.5. The number of piperazine rings is 1. The summed E-state index contributed by atoms with van der Waals surface area (Å²) in [6.45, 7) is 2.65. The number of amides is 2. The van der Waals surface area contributed by atoms with Crippen LogP contribution in [0.1, 0.15) is 22.7 Å². The normalized spacial score (nSPS) is 15.1. The van der Waals surface area contributed by atoms with E-state index < -0.39 is 12.0 Å². The van der Waals surface area contributed by atoms with E-state index in [1.807, 2.05) is 42.5 Å². The topological polar surface area (TPSA) is 61.9 Å². The second kappa shape index (κ2) is 11.5. The summed E-state index contributed by atoms with van der Waals surface area (Å²) in [6.07, 6.45) is 0.392. The lowest BCUT2D eigenvalue weighted by molar-refractivity contribution is -0.142. The maximum absolute atomic E-state index is 13.0. The van der Waals surface area contributed by atoms with E-state index in [2.05, 4.69) is 58.7 Å². The van der Waals surface area contributed by atoms with Crippen LogP contribution in [0.3, 0.4) is 0 Å². The second-order valence-electron chi connectivity index (χ2n) is 8.46. The Balaban J connectivity index is 1.41. The number of carbonyl (C=O) groups excluding carboxylic acids is 2. The number of nitrogens with one attached hydrogen (secondary N) is 1. The molecule has 0 aromatic heterocycles. The standard InChI is InChI=1S/C28H31N3O3/c1-34-27(32)25(21-22-11-5-2-6-12-22)29-28(33)31-19-17-30(18-20-31)26(23-13-7-3-8-14-23)24-15-9-4-10-16-24/h2-16,25-26H,17-21H2,1H3,(H,29,33)/t25-/m1/s1. The summed E-state index contributed by atoms with van der Waals surface area (Å²) in [5.74, 6) is -0.441. The van der Waals surface area contributed by atoms with Crippen LogP contribution in [0.15, 0.2) is 91.0 Å². The number of ether oxygens (including phenoxy) is 1. The Bertz CT molecular complexity index is 1010. The van der Waals surface area contributed by atoms with E-state index in [0.29, 0.717) is 19.5 Å². The minimum absolute atomic E-state index is 0.133. The van der Waals surface area contributed by atoms with Crippen LogP contribution >= 0.6 is 0 Å². The van der Waals surface area contributed by atoms with Crippen LogP contribution in [0.2, 0.25) is 0 Å². The monoisotopic (exact) mass is 457 g/mol. The molecule has 1 aliphatic rings. The first-order valence-corrected chi connectivity index (χ1v) is 11.7. The highest BCUT2D eigenvalue weighted by molar-refractivity contribution is 5.84. The van der Waals surface area contributed by atoms with Crippen LogP contribution in [0, 0.1) is 0 Å². The maximum atomic E-state index is 13.0. The van der Waals surface area contributed by atoms with Gasteiger partial charge in [-0.3, -0.25) is 4.90 Å². The molecule has 2 amide bonds. The van der Waals surface area contributed by atoms with Crippen LogP contribution in [-0.4, -0.2) is 61.1 Å². The van der Waals surface area contributed by atoms with Crippen molar-refractivity contribution in [1.82, 2.24) is 15.1 Å². The van der Waals surface area contributed by atoms with Crippen molar-refractivity contribution in [2.45, 2.75) is 18.5 Å². The smallest absolute Gasteiger partial charge is 0.328 e. The van der Waals surface area contributed by atoms with Gasteiger partial charge in [-0.1, -0.05) is 91.0 Å². The molecule has 1 fully saturated rings. The zero-order chi connectivity index (χ0) is 23.8. The molecule has 0 bridgehead atoms. The average molecular weight is 458 g/mol. The molecule has 1 saturated heterocycles. The van der Waals surface area contributed by atoms with Crippen LogP contribution < -0.4 is 5.32 Å².